The Kier molecular flexibility index (Phi) is 7.77. The molecule has 4 rings (SSSR count). The number of benzene rings is 2. The highest BCUT2D eigenvalue weighted by Gasteiger charge is 2.20. The van der Waals surface area contributed by atoms with Crippen molar-refractivity contribution in [2.24, 2.45) is 0 Å². The van der Waals surface area contributed by atoms with E-state index in [1.807, 2.05) is 44.2 Å². The molecule has 0 bridgehead atoms. The molecule has 1 amide bonds. The Morgan fingerprint density at radius 1 is 1.06 bits per heavy atom. The molecule has 0 saturated carbocycles. The standard InChI is InChI=1S/C27H34ClN5O2/c1-18(2)29-25(34)17-33-26(20-7-5-8-21(28)15-20)30-24-10-9-22(16-23(24)27(33)35)32-12-6-11-31(13-14-32)19(3)4/h5,7-10,15-16,18-19H,6,11-14,17H2,1-4H3,(H,29,34). The summed E-state index contributed by atoms with van der Waals surface area (Å²) in [6.07, 6.45) is 1.07. The van der Waals surface area contributed by atoms with E-state index in [0.29, 0.717) is 33.4 Å². The number of hydrogen-bond donors (Lipinski definition) is 1. The van der Waals surface area contributed by atoms with Gasteiger partial charge in [0.1, 0.15) is 12.4 Å². The number of carbonyl (C=O) groups excluding carboxylic acids is 1. The van der Waals surface area contributed by atoms with Crippen LogP contribution in [-0.2, 0) is 11.3 Å². The molecule has 35 heavy (non-hydrogen) atoms. The highest BCUT2D eigenvalue weighted by Crippen LogP contribution is 2.25. The summed E-state index contributed by atoms with van der Waals surface area (Å²) in [5.41, 5.74) is 2.08. The van der Waals surface area contributed by atoms with Crippen molar-refractivity contribution in [3.63, 3.8) is 0 Å². The number of fused-ring (bicyclic) bond motifs is 1. The molecule has 1 saturated heterocycles. The van der Waals surface area contributed by atoms with Crippen molar-refractivity contribution < 1.29 is 4.79 Å². The van der Waals surface area contributed by atoms with Gasteiger partial charge in [0.15, 0.2) is 0 Å². The summed E-state index contributed by atoms with van der Waals surface area (Å²) in [4.78, 5) is 36.1. The first-order valence-electron chi connectivity index (χ1n) is 12.3. The van der Waals surface area contributed by atoms with Crippen molar-refractivity contribution in [1.29, 1.82) is 0 Å². The minimum atomic E-state index is -0.232. The molecule has 1 aliphatic rings. The van der Waals surface area contributed by atoms with Crippen molar-refractivity contribution in [3.05, 3.63) is 57.8 Å². The van der Waals surface area contributed by atoms with Gasteiger partial charge in [0.2, 0.25) is 5.91 Å². The lowest BCUT2D eigenvalue weighted by Gasteiger charge is -2.26. The number of nitrogens with zero attached hydrogens (tertiary/aromatic N) is 4. The van der Waals surface area contributed by atoms with E-state index in [0.717, 1.165) is 38.3 Å². The van der Waals surface area contributed by atoms with Crippen LogP contribution >= 0.6 is 11.6 Å². The maximum Gasteiger partial charge on any atom is 0.262 e. The SMILES string of the molecule is CC(C)NC(=O)Cn1c(-c2cccc(Cl)c2)nc2ccc(N3CCCN(C(C)C)CC3)cc2c1=O. The van der Waals surface area contributed by atoms with E-state index in [1.165, 1.54) is 4.57 Å². The first-order chi connectivity index (χ1) is 16.7. The Morgan fingerprint density at radius 2 is 1.86 bits per heavy atom. The number of nitrogens with one attached hydrogen (secondary N) is 1. The molecule has 0 aliphatic carbocycles. The molecule has 0 unspecified atom stereocenters. The van der Waals surface area contributed by atoms with Crippen LogP contribution < -0.4 is 15.8 Å². The van der Waals surface area contributed by atoms with Crippen molar-refractivity contribution in [3.8, 4) is 11.4 Å². The molecule has 1 fully saturated rings. The smallest absolute Gasteiger partial charge is 0.262 e. The van der Waals surface area contributed by atoms with Gasteiger partial charge in [-0.3, -0.25) is 19.1 Å². The first kappa shape index (κ1) is 25.2. The first-order valence-corrected chi connectivity index (χ1v) is 12.7. The number of carbonyl (C=O) groups is 1. The van der Waals surface area contributed by atoms with E-state index in [2.05, 4.69) is 29.0 Å². The third kappa shape index (κ3) is 5.85. The van der Waals surface area contributed by atoms with Gasteiger partial charge in [0.25, 0.3) is 5.56 Å². The van der Waals surface area contributed by atoms with Gasteiger partial charge in [0, 0.05) is 54.5 Å². The van der Waals surface area contributed by atoms with Gasteiger partial charge in [-0.25, -0.2) is 4.98 Å². The number of amides is 1. The summed E-state index contributed by atoms with van der Waals surface area (Å²) in [7, 11) is 0. The largest absolute Gasteiger partial charge is 0.370 e. The quantitative estimate of drug-likeness (QED) is 0.556. The second-order valence-electron chi connectivity index (χ2n) is 9.73. The average Bonchev–Trinajstić information content (AvgIpc) is 3.07. The van der Waals surface area contributed by atoms with Crippen LogP contribution in [0.3, 0.4) is 0 Å². The summed E-state index contributed by atoms with van der Waals surface area (Å²) in [6.45, 7) is 12.0. The number of hydrogen-bond acceptors (Lipinski definition) is 5. The summed E-state index contributed by atoms with van der Waals surface area (Å²) in [6, 6.07) is 13.6. The molecule has 0 radical (unpaired) electrons. The fourth-order valence-electron chi connectivity index (χ4n) is 4.62. The van der Waals surface area contributed by atoms with E-state index in [-0.39, 0.29) is 24.1 Å². The van der Waals surface area contributed by atoms with Crippen molar-refractivity contribution in [2.75, 3.05) is 31.1 Å². The summed E-state index contributed by atoms with van der Waals surface area (Å²) in [5, 5.41) is 3.93. The molecular formula is C27H34ClN5O2. The van der Waals surface area contributed by atoms with Crippen LogP contribution in [-0.4, -0.2) is 58.6 Å². The minimum absolute atomic E-state index is 0.0266. The van der Waals surface area contributed by atoms with Gasteiger partial charge < -0.3 is 10.2 Å². The number of rotatable bonds is 6. The van der Waals surface area contributed by atoms with Crippen molar-refractivity contribution >= 4 is 34.1 Å². The Bertz CT molecular complexity index is 1270. The minimum Gasteiger partial charge on any atom is -0.370 e. The van der Waals surface area contributed by atoms with Crippen molar-refractivity contribution in [2.45, 2.75) is 52.7 Å². The number of halogens is 1. The Morgan fingerprint density at radius 3 is 2.57 bits per heavy atom. The highest BCUT2D eigenvalue weighted by molar-refractivity contribution is 6.30. The highest BCUT2D eigenvalue weighted by atomic mass is 35.5. The molecule has 8 heteroatoms. The normalized spacial score (nSPS) is 15.1. The summed E-state index contributed by atoms with van der Waals surface area (Å²) >= 11 is 6.23. The molecule has 0 atom stereocenters. The Hall–Kier alpha value is -2.90. The number of aromatic nitrogens is 2. The molecule has 186 valence electrons. The summed E-state index contributed by atoms with van der Waals surface area (Å²) in [5.74, 6) is 0.197. The lowest BCUT2D eigenvalue weighted by Crippen LogP contribution is -2.37. The van der Waals surface area contributed by atoms with Gasteiger partial charge in [0.05, 0.1) is 10.9 Å². The second kappa shape index (κ2) is 10.8. The van der Waals surface area contributed by atoms with E-state index in [4.69, 9.17) is 16.6 Å². The Balaban J connectivity index is 1.77. The topological polar surface area (TPSA) is 70.5 Å². The van der Waals surface area contributed by atoms with Crippen LogP contribution in [0.2, 0.25) is 5.02 Å². The zero-order chi connectivity index (χ0) is 25.1. The average molecular weight is 496 g/mol. The van der Waals surface area contributed by atoms with Gasteiger partial charge in [-0.2, -0.15) is 0 Å². The molecule has 3 aromatic rings. The third-order valence-corrected chi connectivity index (χ3v) is 6.63. The van der Waals surface area contributed by atoms with Gasteiger partial charge in [-0.15, -0.1) is 0 Å². The molecule has 0 spiro atoms. The molecule has 7 nitrogen and oxygen atoms in total. The maximum absolute atomic E-state index is 13.8. The van der Waals surface area contributed by atoms with Crippen LogP contribution in [0.25, 0.3) is 22.3 Å². The van der Waals surface area contributed by atoms with Crippen LogP contribution in [0, 0.1) is 0 Å². The van der Waals surface area contributed by atoms with Crippen LogP contribution in [0.1, 0.15) is 34.1 Å². The van der Waals surface area contributed by atoms with E-state index in [1.54, 1.807) is 12.1 Å². The monoisotopic (exact) mass is 495 g/mol. The fraction of sp³-hybridized carbons (Fsp3) is 0.444. The van der Waals surface area contributed by atoms with Crippen LogP contribution in [0.5, 0.6) is 0 Å². The second-order valence-corrected chi connectivity index (χ2v) is 10.2. The zero-order valence-electron chi connectivity index (χ0n) is 20.9. The van der Waals surface area contributed by atoms with Gasteiger partial charge in [-0.05, 0) is 64.4 Å². The molecule has 1 aliphatic heterocycles. The van der Waals surface area contributed by atoms with E-state index >= 15 is 0 Å². The number of anilines is 1. The van der Waals surface area contributed by atoms with Crippen LogP contribution in [0.15, 0.2) is 47.3 Å². The third-order valence-electron chi connectivity index (χ3n) is 6.40. The summed E-state index contributed by atoms with van der Waals surface area (Å²) < 4.78 is 1.46. The van der Waals surface area contributed by atoms with Gasteiger partial charge >= 0.3 is 0 Å². The Labute approximate surface area is 211 Å². The fourth-order valence-corrected chi connectivity index (χ4v) is 4.81. The maximum atomic E-state index is 13.8. The predicted molar refractivity (Wildman–Crippen MR) is 143 cm³/mol. The molecule has 2 heterocycles. The van der Waals surface area contributed by atoms with Crippen molar-refractivity contribution in [1.82, 2.24) is 19.8 Å². The van der Waals surface area contributed by atoms with E-state index in [9.17, 15) is 9.59 Å². The lowest BCUT2D eigenvalue weighted by molar-refractivity contribution is -0.122. The van der Waals surface area contributed by atoms with E-state index < -0.39 is 0 Å². The molecule has 1 aromatic heterocycles. The van der Waals surface area contributed by atoms with Gasteiger partial charge in [-0.1, -0.05) is 23.7 Å². The lowest BCUT2D eigenvalue weighted by atomic mass is 10.1. The molecule has 2 aromatic carbocycles. The predicted octanol–water partition coefficient (Wildman–Crippen LogP) is 4.16. The molecular weight excluding hydrogens is 462 g/mol. The molecule has 1 N–H and O–H groups in total. The van der Waals surface area contributed by atoms with Crippen LogP contribution in [0.4, 0.5) is 5.69 Å². The zero-order valence-corrected chi connectivity index (χ0v) is 21.7.